The summed E-state index contributed by atoms with van der Waals surface area (Å²) in [4.78, 5) is 4.21. The zero-order valence-electron chi connectivity index (χ0n) is 12.3. The maximum Gasteiger partial charge on any atom is 0.226 e. The third kappa shape index (κ3) is 4.54. The van der Waals surface area contributed by atoms with E-state index < -0.39 is 0 Å². The van der Waals surface area contributed by atoms with Crippen molar-refractivity contribution < 1.29 is 9.26 Å². The Balaban J connectivity index is 1.97. The first-order valence-corrected chi connectivity index (χ1v) is 7.90. The Kier molecular flexibility index (Phi) is 5.76. The van der Waals surface area contributed by atoms with Gasteiger partial charge in [-0.05, 0) is 46.5 Å². The molecular weight excluding hydrogens is 334 g/mol. The number of hydrogen-bond acceptors (Lipinski definition) is 5. The molecule has 0 radical (unpaired) electrons. The summed E-state index contributed by atoms with van der Waals surface area (Å²) in [5, 5.41) is 3.86. The number of hydrogen-bond donors (Lipinski definition) is 1. The summed E-state index contributed by atoms with van der Waals surface area (Å²) in [6.07, 6.45) is 2.55. The standard InChI is InChI=1S/C15H20BrN3O2/c1-3-11(17)7-10-5-6-13(12(16)8-10)20-9-14-18-15(4-2)21-19-14/h5-6,8,11H,3-4,7,9,17H2,1-2H3. The highest BCUT2D eigenvalue weighted by molar-refractivity contribution is 9.10. The smallest absolute Gasteiger partial charge is 0.226 e. The molecule has 6 heteroatoms. The number of aryl methyl sites for hydroxylation is 1. The van der Waals surface area contributed by atoms with E-state index in [1.807, 2.05) is 25.1 Å². The molecule has 1 atom stereocenters. The van der Waals surface area contributed by atoms with Crippen LogP contribution in [-0.4, -0.2) is 16.2 Å². The summed E-state index contributed by atoms with van der Waals surface area (Å²) in [6.45, 7) is 4.34. The Bertz CT molecular complexity index is 586. The predicted molar refractivity (Wildman–Crippen MR) is 84.1 cm³/mol. The zero-order chi connectivity index (χ0) is 15.2. The van der Waals surface area contributed by atoms with Crippen LogP contribution in [0.3, 0.4) is 0 Å². The highest BCUT2D eigenvalue weighted by Gasteiger charge is 2.09. The molecule has 0 fully saturated rings. The number of halogens is 1. The maximum absolute atomic E-state index is 5.97. The summed E-state index contributed by atoms with van der Waals surface area (Å²) >= 11 is 3.52. The van der Waals surface area contributed by atoms with Gasteiger partial charge in [-0.2, -0.15) is 4.98 Å². The van der Waals surface area contributed by atoms with Crippen LogP contribution >= 0.6 is 15.9 Å². The Morgan fingerprint density at radius 3 is 2.81 bits per heavy atom. The fourth-order valence-electron chi connectivity index (χ4n) is 1.87. The molecule has 0 aliphatic heterocycles. The van der Waals surface area contributed by atoms with Gasteiger partial charge in [0.15, 0.2) is 6.61 Å². The fraction of sp³-hybridized carbons (Fsp3) is 0.467. The van der Waals surface area contributed by atoms with Crippen LogP contribution in [0, 0.1) is 0 Å². The molecule has 0 aliphatic rings. The van der Waals surface area contributed by atoms with Crippen molar-refractivity contribution in [1.82, 2.24) is 10.1 Å². The number of nitrogens with zero attached hydrogens (tertiary/aromatic N) is 2. The first-order chi connectivity index (χ1) is 10.1. The molecule has 114 valence electrons. The van der Waals surface area contributed by atoms with Gasteiger partial charge in [0.1, 0.15) is 5.75 Å². The van der Waals surface area contributed by atoms with Gasteiger partial charge >= 0.3 is 0 Å². The van der Waals surface area contributed by atoms with E-state index in [1.54, 1.807) is 0 Å². The van der Waals surface area contributed by atoms with Gasteiger partial charge in [-0.25, -0.2) is 0 Å². The summed E-state index contributed by atoms with van der Waals surface area (Å²) in [5.74, 6) is 1.93. The van der Waals surface area contributed by atoms with E-state index >= 15 is 0 Å². The van der Waals surface area contributed by atoms with Crippen molar-refractivity contribution in [3.8, 4) is 5.75 Å². The van der Waals surface area contributed by atoms with Crippen molar-refractivity contribution in [2.45, 2.75) is 45.8 Å². The van der Waals surface area contributed by atoms with Gasteiger partial charge in [0.2, 0.25) is 11.7 Å². The van der Waals surface area contributed by atoms with Crippen molar-refractivity contribution >= 4 is 15.9 Å². The van der Waals surface area contributed by atoms with Crippen LogP contribution in [0.1, 0.15) is 37.5 Å². The van der Waals surface area contributed by atoms with Gasteiger partial charge < -0.3 is 15.0 Å². The first-order valence-electron chi connectivity index (χ1n) is 7.10. The van der Waals surface area contributed by atoms with Crippen molar-refractivity contribution in [3.63, 3.8) is 0 Å². The van der Waals surface area contributed by atoms with Crippen LogP contribution in [0.25, 0.3) is 0 Å². The summed E-state index contributed by atoms with van der Waals surface area (Å²) in [5.41, 5.74) is 7.16. The molecule has 1 aromatic heterocycles. The summed E-state index contributed by atoms with van der Waals surface area (Å²) < 4.78 is 11.6. The third-order valence-electron chi connectivity index (χ3n) is 3.19. The predicted octanol–water partition coefficient (Wildman–Crippen LogP) is 3.25. The monoisotopic (exact) mass is 353 g/mol. The van der Waals surface area contributed by atoms with Crippen molar-refractivity contribution in [2.24, 2.45) is 5.73 Å². The Hall–Kier alpha value is -1.40. The normalized spacial score (nSPS) is 12.4. The van der Waals surface area contributed by atoms with E-state index in [0.29, 0.717) is 11.7 Å². The average Bonchev–Trinajstić information content (AvgIpc) is 2.94. The van der Waals surface area contributed by atoms with Gasteiger partial charge in [-0.3, -0.25) is 0 Å². The molecule has 0 spiro atoms. The lowest BCUT2D eigenvalue weighted by Gasteiger charge is -2.11. The van der Waals surface area contributed by atoms with Crippen molar-refractivity contribution in [3.05, 3.63) is 40.0 Å². The molecule has 21 heavy (non-hydrogen) atoms. The largest absolute Gasteiger partial charge is 0.484 e. The third-order valence-corrected chi connectivity index (χ3v) is 3.81. The zero-order valence-corrected chi connectivity index (χ0v) is 13.9. The second kappa shape index (κ2) is 7.56. The molecule has 5 nitrogen and oxygen atoms in total. The average molecular weight is 354 g/mol. The topological polar surface area (TPSA) is 74.2 Å². The molecule has 0 saturated carbocycles. The number of aromatic nitrogens is 2. The van der Waals surface area contributed by atoms with Crippen LogP contribution in [0.15, 0.2) is 27.2 Å². The van der Waals surface area contributed by atoms with E-state index in [9.17, 15) is 0 Å². The molecule has 1 unspecified atom stereocenters. The van der Waals surface area contributed by atoms with Crippen LogP contribution < -0.4 is 10.5 Å². The van der Waals surface area contributed by atoms with Crippen molar-refractivity contribution in [2.75, 3.05) is 0 Å². The summed E-state index contributed by atoms with van der Waals surface area (Å²) in [6, 6.07) is 6.19. The lowest BCUT2D eigenvalue weighted by Crippen LogP contribution is -2.21. The van der Waals surface area contributed by atoms with E-state index in [-0.39, 0.29) is 12.6 Å². The Morgan fingerprint density at radius 1 is 1.38 bits per heavy atom. The number of nitrogens with two attached hydrogens (primary N) is 1. The molecular formula is C15H20BrN3O2. The van der Waals surface area contributed by atoms with Gasteiger partial charge in [0, 0.05) is 12.5 Å². The molecule has 1 aromatic carbocycles. The first kappa shape index (κ1) is 16.0. The van der Waals surface area contributed by atoms with Crippen LogP contribution in [0.4, 0.5) is 0 Å². The van der Waals surface area contributed by atoms with Gasteiger partial charge in [-0.1, -0.05) is 25.1 Å². The minimum atomic E-state index is 0.190. The van der Waals surface area contributed by atoms with Crippen LogP contribution in [0.2, 0.25) is 0 Å². The molecule has 0 aliphatic carbocycles. The molecule has 1 heterocycles. The minimum absolute atomic E-state index is 0.190. The highest BCUT2D eigenvalue weighted by atomic mass is 79.9. The molecule has 0 bridgehead atoms. The highest BCUT2D eigenvalue weighted by Crippen LogP contribution is 2.27. The van der Waals surface area contributed by atoms with Crippen molar-refractivity contribution in [1.29, 1.82) is 0 Å². The lowest BCUT2D eigenvalue weighted by atomic mass is 10.0. The van der Waals surface area contributed by atoms with Gasteiger partial charge in [0.05, 0.1) is 4.47 Å². The van der Waals surface area contributed by atoms with Crippen LogP contribution in [0.5, 0.6) is 5.75 Å². The maximum atomic E-state index is 5.97. The Labute approximate surface area is 133 Å². The van der Waals surface area contributed by atoms with Crippen LogP contribution in [-0.2, 0) is 19.4 Å². The van der Waals surface area contributed by atoms with E-state index in [4.69, 9.17) is 15.0 Å². The van der Waals surface area contributed by atoms with Gasteiger partial charge in [0.25, 0.3) is 0 Å². The molecule has 2 rings (SSSR count). The van der Waals surface area contributed by atoms with E-state index in [2.05, 4.69) is 33.0 Å². The number of ether oxygens (including phenoxy) is 1. The van der Waals surface area contributed by atoms with E-state index in [1.165, 1.54) is 5.56 Å². The summed E-state index contributed by atoms with van der Waals surface area (Å²) in [7, 11) is 0. The van der Waals surface area contributed by atoms with E-state index in [0.717, 1.165) is 29.5 Å². The molecule has 2 aromatic rings. The fourth-order valence-corrected chi connectivity index (χ4v) is 2.41. The number of rotatable bonds is 7. The Morgan fingerprint density at radius 2 is 2.19 bits per heavy atom. The molecule has 0 saturated heterocycles. The SMILES string of the molecule is CCc1nc(COc2ccc(CC(N)CC)cc2Br)no1. The van der Waals surface area contributed by atoms with Gasteiger partial charge in [-0.15, -0.1) is 0 Å². The minimum Gasteiger partial charge on any atom is -0.484 e. The number of benzene rings is 1. The molecule has 2 N–H and O–H groups in total. The quantitative estimate of drug-likeness (QED) is 0.826. The second-order valence-electron chi connectivity index (χ2n) is 4.88. The molecule has 0 amide bonds. The second-order valence-corrected chi connectivity index (χ2v) is 5.74. The lowest BCUT2D eigenvalue weighted by molar-refractivity contribution is 0.283.